The van der Waals surface area contributed by atoms with E-state index in [1.165, 1.54) is 10.7 Å². The summed E-state index contributed by atoms with van der Waals surface area (Å²) in [6.07, 6.45) is 2.97. The zero-order valence-corrected chi connectivity index (χ0v) is 22.3. The Labute approximate surface area is 234 Å². The van der Waals surface area contributed by atoms with Crippen molar-refractivity contribution < 1.29 is 14.7 Å². The van der Waals surface area contributed by atoms with Crippen LogP contribution in [0.2, 0.25) is 15.1 Å². The highest BCUT2D eigenvalue weighted by molar-refractivity contribution is 6.42. The number of rotatable bonds is 6. The molecule has 0 unspecified atom stereocenters. The molecule has 0 atom stereocenters. The quantitative estimate of drug-likeness (QED) is 0.210. The topological polar surface area (TPSA) is 96.2 Å². The fourth-order valence-corrected chi connectivity index (χ4v) is 4.79. The predicted molar refractivity (Wildman–Crippen MR) is 149 cm³/mol. The van der Waals surface area contributed by atoms with Gasteiger partial charge in [-0.05, 0) is 66.9 Å². The minimum absolute atomic E-state index is 0.0261. The van der Waals surface area contributed by atoms with Crippen molar-refractivity contribution in [1.29, 1.82) is 0 Å². The first-order valence-corrected chi connectivity index (χ1v) is 13.1. The number of aromatic nitrogens is 2. The van der Waals surface area contributed by atoms with E-state index < -0.39 is 6.03 Å². The van der Waals surface area contributed by atoms with Gasteiger partial charge in [0.25, 0.3) is 5.91 Å². The Morgan fingerprint density at radius 3 is 2.45 bits per heavy atom. The zero-order chi connectivity index (χ0) is 26.8. The summed E-state index contributed by atoms with van der Waals surface area (Å²) in [6, 6.07) is 18.0. The molecule has 4 aromatic rings. The van der Waals surface area contributed by atoms with Gasteiger partial charge in [0.1, 0.15) is 5.75 Å². The molecule has 194 valence electrons. The van der Waals surface area contributed by atoms with Gasteiger partial charge in [-0.15, -0.1) is 0 Å². The average Bonchev–Trinajstić information content (AvgIpc) is 3.29. The number of phenols is 1. The first-order valence-electron chi connectivity index (χ1n) is 12.0. The van der Waals surface area contributed by atoms with E-state index in [9.17, 15) is 14.7 Å². The summed E-state index contributed by atoms with van der Waals surface area (Å²) >= 11 is 18.2. The number of phenolic OH excluding ortho intramolecular Hbond substituents is 1. The van der Waals surface area contributed by atoms with Crippen molar-refractivity contribution in [3.05, 3.63) is 98.6 Å². The molecule has 2 amide bonds. The van der Waals surface area contributed by atoms with Gasteiger partial charge >= 0.3 is 6.03 Å². The third-order valence-electron chi connectivity index (χ3n) is 6.53. The van der Waals surface area contributed by atoms with E-state index in [1.807, 2.05) is 6.07 Å². The molecular formula is C28H23Cl3N4O3. The van der Waals surface area contributed by atoms with Crippen LogP contribution in [0.3, 0.4) is 0 Å². The Morgan fingerprint density at radius 1 is 0.947 bits per heavy atom. The van der Waals surface area contributed by atoms with Gasteiger partial charge in [0.05, 0.1) is 32.0 Å². The van der Waals surface area contributed by atoms with Crippen LogP contribution in [-0.2, 0) is 6.54 Å². The maximum absolute atomic E-state index is 13.2. The van der Waals surface area contributed by atoms with Gasteiger partial charge in [-0.1, -0.05) is 59.4 Å². The van der Waals surface area contributed by atoms with Gasteiger partial charge in [-0.25, -0.2) is 4.79 Å². The van der Waals surface area contributed by atoms with Crippen LogP contribution in [0.5, 0.6) is 5.75 Å². The highest BCUT2D eigenvalue weighted by Crippen LogP contribution is 2.39. The second-order valence-corrected chi connectivity index (χ2v) is 10.3. The molecule has 0 saturated heterocycles. The lowest BCUT2D eigenvalue weighted by atomic mass is 9.82. The van der Waals surface area contributed by atoms with E-state index in [0.29, 0.717) is 37.6 Å². The number of hydrogen-bond acceptors (Lipinski definition) is 4. The number of nitrogens with one attached hydrogen (secondary N) is 2. The van der Waals surface area contributed by atoms with Crippen molar-refractivity contribution in [2.45, 2.75) is 31.7 Å². The molecule has 0 spiro atoms. The van der Waals surface area contributed by atoms with Crippen LogP contribution >= 0.6 is 34.8 Å². The number of aromatic hydroxyl groups is 1. The molecule has 1 aliphatic rings. The standard InChI is InChI=1S/C28H23Cl3N4O3/c29-21-7-2-1-6-19(21)27(37)33-18-9-11-26(36)20(13-18)24-14-25(17-4-3-5-17)35(34-24)28(38)32-15-16-8-10-22(30)23(31)12-16/h1-2,6-14,17,36H,3-5,15H2,(H,32,38)(H,33,37). The van der Waals surface area contributed by atoms with Gasteiger partial charge < -0.3 is 15.7 Å². The largest absolute Gasteiger partial charge is 0.507 e. The monoisotopic (exact) mass is 568 g/mol. The molecule has 10 heteroatoms. The Bertz CT molecular complexity index is 1530. The number of halogens is 3. The van der Waals surface area contributed by atoms with E-state index >= 15 is 0 Å². The van der Waals surface area contributed by atoms with Crippen molar-refractivity contribution in [3.8, 4) is 17.0 Å². The van der Waals surface area contributed by atoms with Crippen LogP contribution in [0, 0.1) is 0 Å². The molecule has 0 aliphatic heterocycles. The summed E-state index contributed by atoms with van der Waals surface area (Å²) in [5.41, 5.74) is 3.15. The maximum Gasteiger partial charge on any atom is 0.342 e. The number of carbonyl (C=O) groups is 2. The molecule has 1 fully saturated rings. The molecule has 1 heterocycles. The lowest BCUT2D eigenvalue weighted by Gasteiger charge is -2.25. The Morgan fingerprint density at radius 2 is 1.74 bits per heavy atom. The third kappa shape index (κ3) is 5.50. The number of benzene rings is 3. The van der Waals surface area contributed by atoms with E-state index in [-0.39, 0.29) is 24.1 Å². The Balaban J connectivity index is 1.40. The Kier molecular flexibility index (Phi) is 7.61. The van der Waals surface area contributed by atoms with Gasteiger partial charge in [0.15, 0.2) is 0 Å². The van der Waals surface area contributed by atoms with Gasteiger partial charge in [0, 0.05) is 23.7 Å². The molecule has 38 heavy (non-hydrogen) atoms. The molecule has 1 aliphatic carbocycles. The van der Waals surface area contributed by atoms with Crippen molar-refractivity contribution in [2.75, 3.05) is 5.32 Å². The first-order chi connectivity index (χ1) is 18.3. The van der Waals surface area contributed by atoms with Crippen molar-refractivity contribution in [1.82, 2.24) is 15.1 Å². The highest BCUT2D eigenvalue weighted by atomic mass is 35.5. The predicted octanol–water partition coefficient (Wildman–Crippen LogP) is 7.49. The van der Waals surface area contributed by atoms with Crippen molar-refractivity contribution >= 4 is 52.4 Å². The molecule has 0 bridgehead atoms. The minimum Gasteiger partial charge on any atom is -0.507 e. The number of carbonyl (C=O) groups excluding carboxylic acids is 2. The van der Waals surface area contributed by atoms with Crippen molar-refractivity contribution in [3.63, 3.8) is 0 Å². The molecule has 1 saturated carbocycles. The number of nitrogens with zero attached hydrogens (tertiary/aromatic N) is 2. The fourth-order valence-electron chi connectivity index (χ4n) is 4.25. The van der Waals surface area contributed by atoms with Gasteiger partial charge in [-0.3, -0.25) is 4.79 Å². The number of amides is 2. The van der Waals surface area contributed by atoms with Crippen LogP contribution in [0.1, 0.15) is 46.8 Å². The van der Waals surface area contributed by atoms with Crippen LogP contribution in [-0.4, -0.2) is 26.8 Å². The van der Waals surface area contributed by atoms with Crippen LogP contribution in [0.15, 0.2) is 66.7 Å². The minimum atomic E-state index is -0.396. The summed E-state index contributed by atoms with van der Waals surface area (Å²) in [5, 5.41) is 22.0. The van der Waals surface area contributed by atoms with E-state index in [0.717, 1.165) is 30.5 Å². The summed E-state index contributed by atoms with van der Waals surface area (Å²) < 4.78 is 1.35. The molecule has 3 aromatic carbocycles. The number of anilines is 1. The van der Waals surface area contributed by atoms with E-state index in [2.05, 4.69) is 15.7 Å². The summed E-state index contributed by atoms with van der Waals surface area (Å²) in [7, 11) is 0. The number of hydrogen-bond donors (Lipinski definition) is 3. The fraction of sp³-hybridized carbons (Fsp3) is 0.179. The lowest BCUT2D eigenvalue weighted by Crippen LogP contribution is -2.31. The van der Waals surface area contributed by atoms with Crippen LogP contribution < -0.4 is 10.6 Å². The average molecular weight is 570 g/mol. The normalized spacial score (nSPS) is 13.1. The van der Waals surface area contributed by atoms with Crippen molar-refractivity contribution in [2.24, 2.45) is 0 Å². The van der Waals surface area contributed by atoms with E-state index in [4.69, 9.17) is 34.8 Å². The lowest BCUT2D eigenvalue weighted by molar-refractivity contribution is 0.102. The van der Waals surface area contributed by atoms with Gasteiger partial charge in [0.2, 0.25) is 0 Å². The molecule has 5 rings (SSSR count). The first kappa shape index (κ1) is 26.1. The molecular weight excluding hydrogens is 547 g/mol. The molecule has 3 N–H and O–H groups in total. The third-order valence-corrected chi connectivity index (χ3v) is 7.60. The van der Waals surface area contributed by atoms with E-state index in [1.54, 1.807) is 54.6 Å². The summed E-state index contributed by atoms with van der Waals surface area (Å²) in [4.78, 5) is 25.9. The van der Waals surface area contributed by atoms with Crippen LogP contribution in [0.25, 0.3) is 11.3 Å². The molecule has 7 nitrogen and oxygen atoms in total. The smallest absolute Gasteiger partial charge is 0.342 e. The highest BCUT2D eigenvalue weighted by Gasteiger charge is 2.28. The van der Waals surface area contributed by atoms with Crippen LogP contribution in [0.4, 0.5) is 10.5 Å². The maximum atomic E-state index is 13.2. The van der Waals surface area contributed by atoms with Gasteiger partial charge in [-0.2, -0.15) is 9.78 Å². The zero-order valence-electron chi connectivity index (χ0n) is 20.0. The Hall–Kier alpha value is -3.52. The summed E-state index contributed by atoms with van der Waals surface area (Å²) in [5.74, 6) is -0.214. The molecule has 1 aromatic heterocycles. The second kappa shape index (κ2) is 11.1. The molecule has 0 radical (unpaired) electrons. The SMILES string of the molecule is O=C(Nc1ccc(O)c(-c2cc(C3CCC3)n(C(=O)NCc3ccc(Cl)c(Cl)c3)n2)c1)c1ccccc1Cl. The second-order valence-electron chi connectivity index (χ2n) is 9.07. The summed E-state index contributed by atoms with van der Waals surface area (Å²) in [6.45, 7) is 0.240.